The topological polar surface area (TPSA) is 45.7 Å². The van der Waals surface area contributed by atoms with Gasteiger partial charge in [-0.1, -0.05) is 17.4 Å². The van der Waals surface area contributed by atoms with Crippen LogP contribution in [0.5, 0.6) is 5.75 Å². The quantitative estimate of drug-likeness (QED) is 0.590. The minimum absolute atomic E-state index is 0.111. The molecule has 8 heteroatoms. The van der Waals surface area contributed by atoms with E-state index < -0.39 is 0 Å². The zero-order chi connectivity index (χ0) is 19.5. The molecule has 1 amide bonds. The number of nitrogens with zero attached hydrogens (tertiary/aromatic N) is 3. The third kappa shape index (κ3) is 4.07. The molecule has 3 aromatic rings. The maximum Gasteiger partial charge on any atom is 0.233 e. The first-order valence-corrected chi connectivity index (χ1v) is 10.8. The fraction of sp³-hybridized carbons (Fsp3) is 0.300. The Morgan fingerprint density at radius 2 is 1.93 bits per heavy atom. The number of piperazine rings is 1. The number of carbonyl (C=O) groups excluding carboxylic acids is 1. The number of thiazole rings is 1. The summed E-state index contributed by atoms with van der Waals surface area (Å²) in [5.41, 5.74) is 0.888. The normalized spacial score (nSPS) is 14.5. The summed E-state index contributed by atoms with van der Waals surface area (Å²) in [5.74, 6) is 0.995. The number of anilines is 1. The Bertz CT molecular complexity index is 969. The number of hydrogen-bond donors (Lipinski definition) is 0. The van der Waals surface area contributed by atoms with Crippen LogP contribution in [0.2, 0.25) is 0 Å². The molecule has 0 aliphatic carbocycles. The number of ether oxygens (including phenoxy) is 1. The highest BCUT2D eigenvalue weighted by Gasteiger charge is 2.23. The van der Waals surface area contributed by atoms with Gasteiger partial charge in [-0.25, -0.2) is 9.37 Å². The van der Waals surface area contributed by atoms with Crippen molar-refractivity contribution in [2.45, 2.75) is 4.90 Å². The van der Waals surface area contributed by atoms with Crippen molar-refractivity contribution < 1.29 is 13.9 Å². The first-order chi connectivity index (χ1) is 13.6. The summed E-state index contributed by atoms with van der Waals surface area (Å²) in [6.45, 7) is 2.87. The van der Waals surface area contributed by atoms with Crippen molar-refractivity contribution in [2.24, 2.45) is 0 Å². The van der Waals surface area contributed by atoms with Gasteiger partial charge in [0, 0.05) is 31.1 Å². The molecule has 5 nitrogen and oxygen atoms in total. The molecule has 0 bridgehead atoms. The highest BCUT2D eigenvalue weighted by Crippen LogP contribution is 2.34. The maximum atomic E-state index is 13.0. The third-order valence-electron chi connectivity index (χ3n) is 4.67. The molecule has 1 aromatic heterocycles. The molecule has 1 aliphatic rings. The summed E-state index contributed by atoms with van der Waals surface area (Å²) in [4.78, 5) is 22.2. The Hall–Kier alpha value is -2.32. The number of methoxy groups -OCH3 is 1. The second-order valence-corrected chi connectivity index (χ2v) is 8.47. The van der Waals surface area contributed by atoms with Crippen LogP contribution >= 0.6 is 23.1 Å². The van der Waals surface area contributed by atoms with Crippen LogP contribution in [0.25, 0.3) is 10.2 Å². The van der Waals surface area contributed by atoms with Gasteiger partial charge < -0.3 is 14.5 Å². The van der Waals surface area contributed by atoms with Crippen molar-refractivity contribution in [3.8, 4) is 5.75 Å². The van der Waals surface area contributed by atoms with Crippen LogP contribution in [0.3, 0.4) is 0 Å². The van der Waals surface area contributed by atoms with E-state index in [1.807, 2.05) is 23.1 Å². The molecule has 4 rings (SSSR count). The summed E-state index contributed by atoms with van der Waals surface area (Å²) in [5, 5.41) is 0.965. The number of para-hydroxylation sites is 1. The molecular formula is C20H20FN3O2S2. The van der Waals surface area contributed by atoms with Gasteiger partial charge in [0.2, 0.25) is 5.91 Å². The minimum Gasteiger partial charge on any atom is -0.494 e. The van der Waals surface area contributed by atoms with Crippen molar-refractivity contribution in [3.63, 3.8) is 0 Å². The van der Waals surface area contributed by atoms with Crippen molar-refractivity contribution in [1.29, 1.82) is 0 Å². The summed E-state index contributed by atoms with van der Waals surface area (Å²) in [6.07, 6.45) is 0. The number of aromatic nitrogens is 1. The summed E-state index contributed by atoms with van der Waals surface area (Å²) < 4.78 is 19.5. The maximum absolute atomic E-state index is 13.0. The predicted molar refractivity (Wildman–Crippen MR) is 112 cm³/mol. The molecule has 1 fully saturated rings. The molecule has 0 unspecified atom stereocenters. The van der Waals surface area contributed by atoms with Gasteiger partial charge in [-0.15, -0.1) is 11.8 Å². The SMILES string of the molecule is COc1cccc2sc(N3CCN(C(=O)CSc4ccc(F)cc4)CC3)nc12. The number of carbonyl (C=O) groups is 1. The Balaban J connectivity index is 1.34. The van der Waals surface area contributed by atoms with Crippen LogP contribution in [-0.2, 0) is 4.79 Å². The highest BCUT2D eigenvalue weighted by molar-refractivity contribution is 8.00. The van der Waals surface area contributed by atoms with Crippen molar-refractivity contribution >= 4 is 44.4 Å². The molecule has 146 valence electrons. The molecule has 0 radical (unpaired) electrons. The fourth-order valence-electron chi connectivity index (χ4n) is 3.13. The van der Waals surface area contributed by atoms with Gasteiger partial charge in [0.15, 0.2) is 5.13 Å². The van der Waals surface area contributed by atoms with E-state index in [2.05, 4.69) is 4.90 Å². The van der Waals surface area contributed by atoms with Crippen molar-refractivity contribution in [2.75, 3.05) is 43.9 Å². The second kappa shape index (κ2) is 8.36. The van der Waals surface area contributed by atoms with E-state index in [-0.39, 0.29) is 11.7 Å². The van der Waals surface area contributed by atoms with E-state index in [4.69, 9.17) is 9.72 Å². The Kier molecular flexibility index (Phi) is 5.68. The number of halogens is 1. The Morgan fingerprint density at radius 1 is 1.18 bits per heavy atom. The van der Waals surface area contributed by atoms with Crippen LogP contribution in [0.1, 0.15) is 0 Å². The third-order valence-corrected chi connectivity index (χ3v) is 6.75. The smallest absolute Gasteiger partial charge is 0.233 e. The Morgan fingerprint density at radius 3 is 2.64 bits per heavy atom. The van der Waals surface area contributed by atoms with Gasteiger partial charge in [-0.05, 0) is 36.4 Å². The van der Waals surface area contributed by atoms with Crippen molar-refractivity contribution in [3.05, 3.63) is 48.3 Å². The number of amides is 1. The average molecular weight is 418 g/mol. The van der Waals surface area contributed by atoms with Crippen LogP contribution in [0, 0.1) is 5.82 Å². The molecule has 28 heavy (non-hydrogen) atoms. The van der Waals surface area contributed by atoms with Gasteiger partial charge in [0.25, 0.3) is 0 Å². The van der Waals surface area contributed by atoms with Gasteiger partial charge in [0.1, 0.15) is 17.1 Å². The van der Waals surface area contributed by atoms with E-state index in [1.165, 1.54) is 23.9 Å². The first kappa shape index (κ1) is 19.0. The standard InChI is InChI=1S/C20H20FN3O2S2/c1-26-16-3-2-4-17-19(16)22-20(28-17)24-11-9-23(10-12-24)18(25)13-27-15-7-5-14(21)6-8-15/h2-8H,9-13H2,1H3. The summed E-state index contributed by atoms with van der Waals surface area (Å²) in [7, 11) is 1.65. The van der Waals surface area contributed by atoms with Gasteiger partial charge >= 0.3 is 0 Å². The van der Waals surface area contributed by atoms with E-state index in [9.17, 15) is 9.18 Å². The van der Waals surface area contributed by atoms with Gasteiger partial charge in [-0.2, -0.15) is 0 Å². The van der Waals surface area contributed by atoms with Gasteiger partial charge in [-0.3, -0.25) is 4.79 Å². The zero-order valence-corrected chi connectivity index (χ0v) is 17.1. The number of hydrogen-bond acceptors (Lipinski definition) is 6. The average Bonchev–Trinajstić information content (AvgIpc) is 3.17. The molecule has 2 heterocycles. The van der Waals surface area contributed by atoms with Crippen LogP contribution in [0.15, 0.2) is 47.4 Å². The van der Waals surface area contributed by atoms with E-state index in [0.717, 1.165) is 39.1 Å². The lowest BCUT2D eigenvalue weighted by molar-refractivity contribution is -0.128. The summed E-state index contributed by atoms with van der Waals surface area (Å²) >= 11 is 3.09. The largest absolute Gasteiger partial charge is 0.494 e. The van der Waals surface area contributed by atoms with E-state index in [1.54, 1.807) is 30.6 Å². The van der Waals surface area contributed by atoms with Gasteiger partial charge in [0.05, 0.1) is 17.6 Å². The molecule has 0 N–H and O–H groups in total. The predicted octanol–water partition coefficient (Wildman–Crippen LogP) is 3.88. The lowest BCUT2D eigenvalue weighted by Gasteiger charge is -2.34. The molecule has 0 saturated carbocycles. The molecule has 0 spiro atoms. The van der Waals surface area contributed by atoms with Crippen LogP contribution < -0.4 is 9.64 Å². The lowest BCUT2D eigenvalue weighted by Crippen LogP contribution is -2.49. The fourth-order valence-corrected chi connectivity index (χ4v) is 4.96. The highest BCUT2D eigenvalue weighted by atomic mass is 32.2. The van der Waals surface area contributed by atoms with E-state index >= 15 is 0 Å². The molecule has 1 aliphatic heterocycles. The Labute approximate surface area is 171 Å². The lowest BCUT2D eigenvalue weighted by atomic mass is 10.3. The first-order valence-electron chi connectivity index (χ1n) is 8.98. The minimum atomic E-state index is -0.265. The number of thioether (sulfide) groups is 1. The number of rotatable bonds is 5. The molecule has 0 atom stereocenters. The molecular weight excluding hydrogens is 397 g/mol. The van der Waals surface area contributed by atoms with Crippen molar-refractivity contribution in [1.82, 2.24) is 9.88 Å². The van der Waals surface area contributed by atoms with Crippen LogP contribution in [-0.4, -0.2) is 54.8 Å². The van der Waals surface area contributed by atoms with Crippen LogP contribution in [0.4, 0.5) is 9.52 Å². The monoisotopic (exact) mass is 417 g/mol. The molecule has 1 saturated heterocycles. The second-order valence-electron chi connectivity index (χ2n) is 6.41. The summed E-state index contributed by atoms with van der Waals surface area (Å²) in [6, 6.07) is 12.2. The molecule has 2 aromatic carbocycles. The zero-order valence-electron chi connectivity index (χ0n) is 15.4. The number of benzene rings is 2. The van der Waals surface area contributed by atoms with E-state index in [0.29, 0.717) is 18.8 Å². The number of fused-ring (bicyclic) bond motifs is 1.